The third-order valence-electron chi connectivity index (χ3n) is 3.08. The molecule has 0 bridgehead atoms. The topological polar surface area (TPSA) is 3.24 Å². The molecule has 1 aromatic rings. The maximum absolute atomic E-state index is 12.9. The summed E-state index contributed by atoms with van der Waals surface area (Å²) < 4.78 is 38.7. The largest absolute Gasteiger partial charge is 0.416 e. The van der Waals surface area contributed by atoms with Crippen LogP contribution in [0, 0.1) is 0 Å². The molecule has 0 aromatic heterocycles. The van der Waals surface area contributed by atoms with Gasteiger partial charge < -0.3 is 4.90 Å². The zero-order valence-corrected chi connectivity index (χ0v) is 12.0. The number of benzene rings is 1. The fourth-order valence-electron chi connectivity index (χ4n) is 1.91. The molecule has 1 nitrogen and oxygen atoms in total. The highest BCUT2D eigenvalue weighted by Gasteiger charge is 2.33. The third-order valence-corrected chi connectivity index (χ3v) is 3.37. The predicted molar refractivity (Wildman–Crippen MR) is 73.8 cm³/mol. The van der Waals surface area contributed by atoms with E-state index in [9.17, 15) is 13.2 Å². The molecule has 0 aliphatic rings. The zero-order chi connectivity index (χ0) is 14.5. The van der Waals surface area contributed by atoms with Gasteiger partial charge in [-0.15, -0.1) is 11.6 Å². The summed E-state index contributed by atoms with van der Waals surface area (Å²) in [7, 11) is 1.81. The summed E-state index contributed by atoms with van der Waals surface area (Å²) in [5.74, 6) is -0.130. The predicted octanol–water partition coefficient (Wildman–Crippen LogP) is 5.07. The van der Waals surface area contributed by atoms with Crippen molar-refractivity contribution in [3.05, 3.63) is 29.3 Å². The number of halogens is 4. The Hall–Kier alpha value is -0.900. The van der Waals surface area contributed by atoms with Crippen molar-refractivity contribution < 1.29 is 13.2 Å². The second-order valence-electron chi connectivity index (χ2n) is 4.60. The van der Waals surface area contributed by atoms with Crippen molar-refractivity contribution >= 4 is 17.3 Å². The summed E-state index contributed by atoms with van der Waals surface area (Å²) >= 11 is 5.56. The Morgan fingerprint density at radius 2 is 1.89 bits per heavy atom. The van der Waals surface area contributed by atoms with Crippen LogP contribution >= 0.6 is 11.6 Å². The molecule has 0 amide bonds. The van der Waals surface area contributed by atoms with E-state index in [0.29, 0.717) is 5.69 Å². The molecule has 0 aliphatic carbocycles. The molecule has 0 N–H and O–H groups in total. The minimum absolute atomic E-state index is 0.125. The fraction of sp³-hybridized carbons (Fsp3) is 0.571. The quantitative estimate of drug-likeness (QED) is 0.523. The number of unbranched alkanes of at least 4 members (excludes halogenated alkanes) is 2. The fourth-order valence-corrected chi connectivity index (χ4v) is 2.14. The molecule has 1 aromatic carbocycles. The van der Waals surface area contributed by atoms with Gasteiger partial charge >= 0.3 is 6.18 Å². The Morgan fingerprint density at radius 3 is 2.42 bits per heavy atom. The molecule has 0 spiro atoms. The van der Waals surface area contributed by atoms with E-state index in [1.54, 1.807) is 6.07 Å². The SMILES string of the molecule is CCCCCN(C)c1ccc(CCl)c(C(F)(F)F)c1. The van der Waals surface area contributed by atoms with Gasteiger partial charge in [0.2, 0.25) is 0 Å². The van der Waals surface area contributed by atoms with Gasteiger partial charge in [-0.25, -0.2) is 0 Å². The van der Waals surface area contributed by atoms with Gasteiger partial charge in [0.05, 0.1) is 5.56 Å². The van der Waals surface area contributed by atoms with Gasteiger partial charge in [-0.05, 0) is 24.1 Å². The molecular weight excluding hydrogens is 275 g/mol. The number of anilines is 1. The Kier molecular flexibility index (Phi) is 5.98. The van der Waals surface area contributed by atoms with Crippen LogP contribution in [0.1, 0.15) is 37.3 Å². The first-order valence-corrected chi connectivity index (χ1v) is 6.90. The smallest absolute Gasteiger partial charge is 0.375 e. The van der Waals surface area contributed by atoms with Gasteiger partial charge in [0, 0.05) is 25.2 Å². The van der Waals surface area contributed by atoms with E-state index in [0.717, 1.165) is 25.8 Å². The molecule has 0 heterocycles. The van der Waals surface area contributed by atoms with Crippen LogP contribution in [-0.4, -0.2) is 13.6 Å². The molecule has 0 atom stereocenters. The summed E-state index contributed by atoms with van der Waals surface area (Å²) in [4.78, 5) is 1.85. The van der Waals surface area contributed by atoms with Crippen LogP contribution in [0.2, 0.25) is 0 Å². The summed E-state index contributed by atoms with van der Waals surface area (Å²) in [6, 6.07) is 4.34. The molecule has 0 saturated heterocycles. The lowest BCUT2D eigenvalue weighted by molar-refractivity contribution is -0.138. The molecule has 1 rings (SSSR count). The van der Waals surface area contributed by atoms with Crippen LogP contribution in [0.15, 0.2) is 18.2 Å². The average molecular weight is 294 g/mol. The summed E-state index contributed by atoms with van der Waals surface area (Å²) in [5.41, 5.74) is 0.0690. The number of nitrogens with zero attached hydrogens (tertiary/aromatic N) is 1. The second-order valence-corrected chi connectivity index (χ2v) is 4.87. The molecule has 0 aliphatic heterocycles. The zero-order valence-electron chi connectivity index (χ0n) is 11.2. The lowest BCUT2D eigenvalue weighted by Gasteiger charge is -2.21. The molecule has 0 radical (unpaired) electrons. The number of rotatable bonds is 6. The highest BCUT2D eigenvalue weighted by atomic mass is 35.5. The lowest BCUT2D eigenvalue weighted by atomic mass is 10.1. The van der Waals surface area contributed by atoms with Crippen LogP contribution < -0.4 is 4.90 Å². The first kappa shape index (κ1) is 16.2. The van der Waals surface area contributed by atoms with E-state index >= 15 is 0 Å². The minimum atomic E-state index is -4.36. The third kappa shape index (κ3) is 4.60. The highest BCUT2D eigenvalue weighted by Crippen LogP contribution is 2.35. The Bertz CT molecular complexity index is 404. The molecule has 0 unspecified atom stereocenters. The van der Waals surface area contributed by atoms with Crippen molar-refractivity contribution in [2.24, 2.45) is 0 Å². The maximum atomic E-state index is 12.9. The molecule has 5 heteroatoms. The van der Waals surface area contributed by atoms with E-state index in [4.69, 9.17) is 11.6 Å². The van der Waals surface area contributed by atoms with Gasteiger partial charge in [-0.3, -0.25) is 0 Å². The number of hydrogen-bond acceptors (Lipinski definition) is 1. The Balaban J connectivity index is 2.91. The maximum Gasteiger partial charge on any atom is 0.416 e. The lowest BCUT2D eigenvalue weighted by Crippen LogP contribution is -2.19. The Labute approximate surface area is 117 Å². The van der Waals surface area contributed by atoms with Crippen molar-refractivity contribution in [1.82, 2.24) is 0 Å². The van der Waals surface area contributed by atoms with Crippen molar-refractivity contribution in [2.45, 2.75) is 38.2 Å². The van der Waals surface area contributed by atoms with Crippen LogP contribution in [0.4, 0.5) is 18.9 Å². The summed E-state index contributed by atoms with van der Waals surface area (Å²) in [6.45, 7) is 2.85. The van der Waals surface area contributed by atoms with Crippen molar-refractivity contribution in [3.63, 3.8) is 0 Å². The molecule has 0 saturated carbocycles. The van der Waals surface area contributed by atoms with Gasteiger partial charge in [-0.2, -0.15) is 13.2 Å². The monoisotopic (exact) mass is 293 g/mol. The van der Waals surface area contributed by atoms with E-state index in [-0.39, 0.29) is 11.4 Å². The summed E-state index contributed by atoms with van der Waals surface area (Å²) in [6.07, 6.45) is -1.21. The van der Waals surface area contributed by atoms with Gasteiger partial charge in [0.15, 0.2) is 0 Å². The highest BCUT2D eigenvalue weighted by molar-refractivity contribution is 6.17. The normalized spacial score (nSPS) is 11.7. The van der Waals surface area contributed by atoms with E-state index in [2.05, 4.69) is 6.92 Å². The van der Waals surface area contributed by atoms with E-state index in [1.807, 2.05) is 11.9 Å². The van der Waals surface area contributed by atoms with Crippen molar-refractivity contribution in [1.29, 1.82) is 0 Å². The molecule has 19 heavy (non-hydrogen) atoms. The number of alkyl halides is 4. The van der Waals surface area contributed by atoms with Crippen molar-refractivity contribution in [2.75, 3.05) is 18.5 Å². The van der Waals surface area contributed by atoms with Crippen LogP contribution in [0.3, 0.4) is 0 Å². The van der Waals surface area contributed by atoms with Crippen LogP contribution in [0.25, 0.3) is 0 Å². The average Bonchev–Trinajstić information content (AvgIpc) is 2.37. The van der Waals surface area contributed by atoms with Crippen LogP contribution in [0.5, 0.6) is 0 Å². The van der Waals surface area contributed by atoms with E-state index in [1.165, 1.54) is 12.1 Å². The second kappa shape index (κ2) is 7.04. The summed E-state index contributed by atoms with van der Waals surface area (Å²) in [5, 5.41) is 0. The molecule has 108 valence electrons. The van der Waals surface area contributed by atoms with Crippen LogP contribution in [-0.2, 0) is 12.1 Å². The Morgan fingerprint density at radius 1 is 1.21 bits per heavy atom. The van der Waals surface area contributed by atoms with Gasteiger partial charge in [0.1, 0.15) is 0 Å². The first-order chi connectivity index (χ1) is 8.90. The number of hydrogen-bond donors (Lipinski definition) is 0. The molecule has 0 fully saturated rings. The van der Waals surface area contributed by atoms with Crippen molar-refractivity contribution in [3.8, 4) is 0 Å². The van der Waals surface area contributed by atoms with E-state index < -0.39 is 11.7 Å². The minimum Gasteiger partial charge on any atom is -0.375 e. The first-order valence-electron chi connectivity index (χ1n) is 6.37. The van der Waals surface area contributed by atoms with Gasteiger partial charge in [0.25, 0.3) is 0 Å². The molecular formula is C14H19ClF3N. The van der Waals surface area contributed by atoms with Gasteiger partial charge in [-0.1, -0.05) is 25.8 Å². The standard InChI is InChI=1S/C14H19ClF3N/c1-3-4-5-8-19(2)12-7-6-11(10-15)13(9-12)14(16,17)18/h6-7,9H,3-5,8,10H2,1-2H3.